The molecule has 1 aromatic heterocycles. The average Bonchev–Trinajstić information content (AvgIpc) is 2.60. The number of likely N-dealkylation sites (N-methyl/N-ethyl adjacent to an activating group) is 1. The van der Waals surface area contributed by atoms with Gasteiger partial charge in [-0.2, -0.15) is 0 Å². The van der Waals surface area contributed by atoms with E-state index in [1.807, 2.05) is 6.92 Å². The molecule has 1 aromatic carbocycles. The summed E-state index contributed by atoms with van der Waals surface area (Å²) in [6.45, 7) is 12.6. The van der Waals surface area contributed by atoms with Gasteiger partial charge in [0.05, 0.1) is 6.10 Å². The number of aromatic nitrogens is 1. The fourth-order valence-corrected chi connectivity index (χ4v) is 4.59. The zero-order valence-electron chi connectivity index (χ0n) is 17.3. The summed E-state index contributed by atoms with van der Waals surface area (Å²) in [6.07, 6.45) is 2.24. The van der Waals surface area contributed by atoms with Crippen LogP contribution in [-0.4, -0.2) is 31.2 Å². The Morgan fingerprint density at radius 3 is 2.26 bits per heavy atom. The molecule has 27 heavy (non-hydrogen) atoms. The summed E-state index contributed by atoms with van der Waals surface area (Å²) in [5, 5.41) is 0. The maximum absolute atomic E-state index is 6.41. The Hall–Kier alpha value is -1.75. The van der Waals surface area contributed by atoms with Gasteiger partial charge in [-0.3, -0.25) is 0 Å². The summed E-state index contributed by atoms with van der Waals surface area (Å²) < 4.78 is 7.53. The lowest BCUT2D eigenvalue weighted by atomic mass is 10.1. The van der Waals surface area contributed by atoms with Crippen molar-refractivity contribution >= 4 is 33.1 Å². The van der Waals surface area contributed by atoms with Crippen molar-refractivity contribution < 1.29 is 4.74 Å². The summed E-state index contributed by atoms with van der Waals surface area (Å²) in [7, 11) is 2.13. The molecule has 146 valence electrons. The Morgan fingerprint density at radius 1 is 1.04 bits per heavy atom. The number of anilines is 3. The Bertz CT molecular complexity index is 810. The molecule has 0 saturated heterocycles. The standard InChI is InChI=1S/C22H30BrN3O/c1-7-18(8-2)27-19-13-16(5)24-22-21(19)25(6)9-10-26(22)20-14(3)11-17(23)12-15(20)4/h11-13,18H,7-10H2,1-6H3. The summed E-state index contributed by atoms with van der Waals surface area (Å²) in [4.78, 5) is 9.58. The highest BCUT2D eigenvalue weighted by atomic mass is 79.9. The molecule has 0 radical (unpaired) electrons. The first-order valence-corrected chi connectivity index (χ1v) is 10.6. The highest BCUT2D eigenvalue weighted by Gasteiger charge is 2.29. The van der Waals surface area contributed by atoms with Crippen molar-refractivity contribution in [2.24, 2.45) is 0 Å². The lowest BCUT2D eigenvalue weighted by Crippen LogP contribution is -2.38. The maximum atomic E-state index is 6.41. The Morgan fingerprint density at radius 2 is 1.67 bits per heavy atom. The van der Waals surface area contributed by atoms with Crippen molar-refractivity contribution in [1.29, 1.82) is 0 Å². The number of ether oxygens (including phenoxy) is 1. The highest BCUT2D eigenvalue weighted by molar-refractivity contribution is 9.10. The lowest BCUT2D eigenvalue weighted by Gasteiger charge is -2.38. The van der Waals surface area contributed by atoms with Gasteiger partial charge in [0, 0.05) is 42.1 Å². The molecule has 1 aliphatic rings. The van der Waals surface area contributed by atoms with Crippen LogP contribution in [0.5, 0.6) is 5.75 Å². The van der Waals surface area contributed by atoms with Crippen LogP contribution in [0.1, 0.15) is 43.5 Å². The molecule has 0 N–H and O–H groups in total. The molecule has 1 aliphatic heterocycles. The van der Waals surface area contributed by atoms with Crippen LogP contribution >= 0.6 is 15.9 Å². The SMILES string of the molecule is CCC(CC)Oc1cc(C)nc2c1N(C)CCN2c1c(C)cc(Br)cc1C. The third-order valence-electron chi connectivity index (χ3n) is 5.29. The summed E-state index contributed by atoms with van der Waals surface area (Å²) in [6, 6.07) is 6.44. The first kappa shape index (κ1) is 20.0. The second-order valence-electron chi connectivity index (χ2n) is 7.45. The predicted octanol–water partition coefficient (Wildman–Crippen LogP) is 5.92. The van der Waals surface area contributed by atoms with E-state index in [0.717, 1.165) is 53.4 Å². The van der Waals surface area contributed by atoms with E-state index in [2.05, 4.69) is 78.7 Å². The number of hydrogen-bond donors (Lipinski definition) is 0. The van der Waals surface area contributed by atoms with E-state index < -0.39 is 0 Å². The maximum Gasteiger partial charge on any atom is 0.160 e. The lowest BCUT2D eigenvalue weighted by molar-refractivity contribution is 0.193. The van der Waals surface area contributed by atoms with Crippen molar-refractivity contribution in [3.05, 3.63) is 39.5 Å². The summed E-state index contributed by atoms with van der Waals surface area (Å²) >= 11 is 3.62. The van der Waals surface area contributed by atoms with E-state index in [1.54, 1.807) is 0 Å². The zero-order valence-corrected chi connectivity index (χ0v) is 18.9. The summed E-state index contributed by atoms with van der Waals surface area (Å²) in [5.41, 5.74) is 5.84. The molecule has 2 heterocycles. The number of nitrogens with zero attached hydrogens (tertiary/aromatic N) is 3. The number of rotatable bonds is 5. The van der Waals surface area contributed by atoms with E-state index in [1.165, 1.54) is 16.8 Å². The van der Waals surface area contributed by atoms with E-state index in [4.69, 9.17) is 9.72 Å². The van der Waals surface area contributed by atoms with Crippen molar-refractivity contribution in [2.75, 3.05) is 29.9 Å². The van der Waals surface area contributed by atoms with Gasteiger partial charge >= 0.3 is 0 Å². The molecule has 5 heteroatoms. The van der Waals surface area contributed by atoms with Crippen molar-refractivity contribution in [3.8, 4) is 5.75 Å². The zero-order chi connectivity index (χ0) is 19.7. The van der Waals surface area contributed by atoms with Gasteiger partial charge in [-0.15, -0.1) is 0 Å². The van der Waals surface area contributed by atoms with Crippen LogP contribution < -0.4 is 14.5 Å². The van der Waals surface area contributed by atoms with Crippen molar-refractivity contribution in [1.82, 2.24) is 4.98 Å². The molecule has 0 fully saturated rings. The van der Waals surface area contributed by atoms with Gasteiger partial charge in [-0.05, 0) is 56.9 Å². The van der Waals surface area contributed by atoms with Crippen LogP contribution in [0, 0.1) is 20.8 Å². The first-order valence-electron chi connectivity index (χ1n) is 9.79. The molecule has 0 atom stereocenters. The molecule has 0 aliphatic carbocycles. The molecule has 3 rings (SSSR count). The Balaban J connectivity index is 2.15. The number of pyridine rings is 1. The fourth-order valence-electron chi connectivity index (χ4n) is 3.91. The van der Waals surface area contributed by atoms with E-state index in [9.17, 15) is 0 Å². The number of aryl methyl sites for hydroxylation is 3. The fraction of sp³-hybridized carbons (Fsp3) is 0.500. The molecule has 0 amide bonds. The Kier molecular flexibility index (Phi) is 5.99. The first-order chi connectivity index (χ1) is 12.8. The molecule has 0 spiro atoms. The van der Waals surface area contributed by atoms with E-state index in [-0.39, 0.29) is 6.10 Å². The molecular formula is C22H30BrN3O. The van der Waals surface area contributed by atoms with Gasteiger partial charge < -0.3 is 14.5 Å². The predicted molar refractivity (Wildman–Crippen MR) is 118 cm³/mol. The molecule has 4 nitrogen and oxygen atoms in total. The number of halogens is 1. The smallest absolute Gasteiger partial charge is 0.160 e. The monoisotopic (exact) mass is 431 g/mol. The minimum absolute atomic E-state index is 0.232. The van der Waals surface area contributed by atoms with Gasteiger partial charge in [0.25, 0.3) is 0 Å². The van der Waals surface area contributed by atoms with Crippen LogP contribution in [0.2, 0.25) is 0 Å². The molecule has 0 saturated carbocycles. The number of hydrogen-bond acceptors (Lipinski definition) is 4. The van der Waals surface area contributed by atoms with Crippen LogP contribution in [0.25, 0.3) is 0 Å². The molecule has 2 aromatic rings. The minimum atomic E-state index is 0.232. The second-order valence-corrected chi connectivity index (χ2v) is 8.37. The van der Waals surface area contributed by atoms with Gasteiger partial charge in [-0.1, -0.05) is 29.8 Å². The van der Waals surface area contributed by atoms with Crippen molar-refractivity contribution in [3.63, 3.8) is 0 Å². The van der Waals surface area contributed by atoms with Crippen LogP contribution in [-0.2, 0) is 0 Å². The quantitative estimate of drug-likeness (QED) is 0.586. The highest BCUT2D eigenvalue weighted by Crippen LogP contribution is 2.44. The third kappa shape index (κ3) is 3.93. The van der Waals surface area contributed by atoms with E-state index in [0.29, 0.717) is 0 Å². The minimum Gasteiger partial charge on any atom is -0.488 e. The van der Waals surface area contributed by atoms with Gasteiger partial charge in [0.15, 0.2) is 5.82 Å². The molecular weight excluding hydrogens is 402 g/mol. The summed E-state index contributed by atoms with van der Waals surface area (Å²) in [5.74, 6) is 1.95. The van der Waals surface area contributed by atoms with Crippen LogP contribution in [0.3, 0.4) is 0 Å². The van der Waals surface area contributed by atoms with Crippen LogP contribution in [0.15, 0.2) is 22.7 Å². The molecule has 0 bridgehead atoms. The Labute approximate surface area is 171 Å². The van der Waals surface area contributed by atoms with Gasteiger partial charge in [0.1, 0.15) is 11.4 Å². The van der Waals surface area contributed by atoms with Crippen LogP contribution in [0.4, 0.5) is 17.2 Å². The number of benzene rings is 1. The van der Waals surface area contributed by atoms with Gasteiger partial charge in [0.2, 0.25) is 0 Å². The third-order valence-corrected chi connectivity index (χ3v) is 5.75. The van der Waals surface area contributed by atoms with E-state index >= 15 is 0 Å². The largest absolute Gasteiger partial charge is 0.488 e. The van der Waals surface area contributed by atoms with Crippen molar-refractivity contribution in [2.45, 2.75) is 53.6 Å². The number of fused-ring (bicyclic) bond motifs is 1. The molecule has 0 unspecified atom stereocenters. The normalized spacial score (nSPS) is 13.9. The van der Waals surface area contributed by atoms with Gasteiger partial charge in [-0.25, -0.2) is 4.98 Å². The second kappa shape index (κ2) is 8.09. The average molecular weight is 432 g/mol. The topological polar surface area (TPSA) is 28.6 Å².